The lowest BCUT2D eigenvalue weighted by Gasteiger charge is -2.13. The number of hydrogen-bond acceptors (Lipinski definition) is 3. The van der Waals surface area contributed by atoms with Crippen LogP contribution in [-0.2, 0) is 0 Å². The zero-order chi connectivity index (χ0) is 24.5. The summed E-state index contributed by atoms with van der Waals surface area (Å²) in [4.78, 5) is 25.6. The van der Waals surface area contributed by atoms with E-state index in [4.69, 9.17) is 16.3 Å². The lowest BCUT2D eigenvalue weighted by Crippen LogP contribution is -2.16. The summed E-state index contributed by atoms with van der Waals surface area (Å²) in [6.07, 6.45) is 4.28. The SMILES string of the molecule is CCCCCCOc1ccc(Br)cc1C(=O)Nc1cccc(C(=O)Nc2ccc(F)c(Cl)c2)c1. The molecule has 3 aromatic rings. The van der Waals surface area contributed by atoms with Crippen molar-refractivity contribution in [2.45, 2.75) is 32.6 Å². The average Bonchev–Trinajstić information content (AvgIpc) is 2.82. The van der Waals surface area contributed by atoms with Gasteiger partial charge >= 0.3 is 0 Å². The minimum Gasteiger partial charge on any atom is -0.493 e. The molecule has 0 radical (unpaired) electrons. The molecule has 0 saturated carbocycles. The number of benzene rings is 3. The molecule has 178 valence electrons. The van der Waals surface area contributed by atoms with Gasteiger partial charge < -0.3 is 15.4 Å². The Hall–Kier alpha value is -2.90. The molecule has 0 aliphatic heterocycles. The molecule has 2 amide bonds. The van der Waals surface area contributed by atoms with E-state index in [-0.39, 0.29) is 10.9 Å². The molecule has 0 heterocycles. The van der Waals surface area contributed by atoms with E-state index in [1.165, 1.54) is 18.2 Å². The summed E-state index contributed by atoms with van der Waals surface area (Å²) >= 11 is 9.18. The Kier molecular flexibility index (Phi) is 9.48. The average molecular weight is 548 g/mol. The molecule has 0 unspecified atom stereocenters. The summed E-state index contributed by atoms with van der Waals surface area (Å²) in [5, 5.41) is 5.40. The fraction of sp³-hybridized carbons (Fsp3) is 0.231. The summed E-state index contributed by atoms with van der Waals surface area (Å²) < 4.78 is 20.0. The standard InChI is InChI=1S/C26H25BrClFN2O3/c1-2-3-4-5-13-34-24-12-9-18(27)15-21(24)26(33)31-19-8-6-7-17(14-19)25(32)30-20-10-11-23(29)22(28)16-20/h6-12,14-16H,2-5,13H2,1H3,(H,30,32)(H,31,33). The van der Waals surface area contributed by atoms with Crippen molar-refractivity contribution < 1.29 is 18.7 Å². The van der Waals surface area contributed by atoms with E-state index in [0.717, 1.165) is 30.2 Å². The second-order valence-corrected chi connectivity index (χ2v) is 8.99. The predicted octanol–water partition coefficient (Wildman–Crippen LogP) is 7.71. The van der Waals surface area contributed by atoms with Crippen molar-refractivity contribution in [3.63, 3.8) is 0 Å². The number of nitrogens with one attached hydrogen (secondary N) is 2. The number of ether oxygens (including phenoxy) is 1. The van der Waals surface area contributed by atoms with E-state index in [9.17, 15) is 14.0 Å². The molecule has 0 atom stereocenters. The number of halogens is 3. The van der Waals surface area contributed by atoms with E-state index in [2.05, 4.69) is 33.5 Å². The van der Waals surface area contributed by atoms with Gasteiger partial charge in [-0.1, -0.05) is 59.8 Å². The van der Waals surface area contributed by atoms with Crippen molar-refractivity contribution in [2.24, 2.45) is 0 Å². The van der Waals surface area contributed by atoms with Gasteiger partial charge in [-0.3, -0.25) is 9.59 Å². The third-order valence-corrected chi connectivity index (χ3v) is 5.78. The van der Waals surface area contributed by atoms with Crippen LogP contribution in [0.15, 0.2) is 65.1 Å². The zero-order valence-electron chi connectivity index (χ0n) is 18.7. The van der Waals surface area contributed by atoms with Gasteiger partial charge in [-0.05, 0) is 61.0 Å². The fourth-order valence-electron chi connectivity index (χ4n) is 3.23. The zero-order valence-corrected chi connectivity index (χ0v) is 21.0. The highest BCUT2D eigenvalue weighted by atomic mass is 79.9. The van der Waals surface area contributed by atoms with Crippen LogP contribution < -0.4 is 15.4 Å². The molecule has 5 nitrogen and oxygen atoms in total. The summed E-state index contributed by atoms with van der Waals surface area (Å²) in [7, 11) is 0. The molecule has 0 fully saturated rings. The Morgan fingerprint density at radius 3 is 2.47 bits per heavy atom. The van der Waals surface area contributed by atoms with E-state index in [1.807, 2.05) is 6.07 Å². The summed E-state index contributed by atoms with van der Waals surface area (Å²) in [5.41, 5.74) is 1.52. The first kappa shape index (κ1) is 25.7. The predicted molar refractivity (Wildman–Crippen MR) is 138 cm³/mol. The van der Waals surface area contributed by atoms with Crippen LogP contribution in [0.5, 0.6) is 5.75 Å². The van der Waals surface area contributed by atoms with Crippen LogP contribution >= 0.6 is 27.5 Å². The monoisotopic (exact) mass is 546 g/mol. The van der Waals surface area contributed by atoms with Crippen molar-refractivity contribution in [1.82, 2.24) is 0 Å². The van der Waals surface area contributed by atoms with Gasteiger partial charge in [0.25, 0.3) is 11.8 Å². The van der Waals surface area contributed by atoms with Crippen LogP contribution in [0.25, 0.3) is 0 Å². The molecule has 0 aliphatic rings. The fourth-order valence-corrected chi connectivity index (χ4v) is 3.77. The third-order valence-electron chi connectivity index (χ3n) is 5.00. The van der Waals surface area contributed by atoms with Crippen molar-refractivity contribution in [2.75, 3.05) is 17.2 Å². The number of rotatable bonds is 10. The summed E-state index contributed by atoms with van der Waals surface area (Å²) in [6, 6.07) is 15.7. The first-order valence-electron chi connectivity index (χ1n) is 11.0. The highest BCUT2D eigenvalue weighted by Gasteiger charge is 2.15. The molecular formula is C26H25BrClFN2O3. The molecule has 2 N–H and O–H groups in total. The Balaban J connectivity index is 1.69. The topological polar surface area (TPSA) is 67.4 Å². The van der Waals surface area contributed by atoms with E-state index in [1.54, 1.807) is 36.4 Å². The van der Waals surface area contributed by atoms with Crippen molar-refractivity contribution in [1.29, 1.82) is 0 Å². The van der Waals surface area contributed by atoms with Crippen LogP contribution in [0.1, 0.15) is 53.3 Å². The molecule has 0 aromatic heterocycles. The number of hydrogen-bond donors (Lipinski definition) is 2. The van der Waals surface area contributed by atoms with Crippen molar-refractivity contribution in [3.8, 4) is 5.75 Å². The molecule has 3 rings (SSSR count). The summed E-state index contributed by atoms with van der Waals surface area (Å²) in [6.45, 7) is 2.68. The van der Waals surface area contributed by atoms with Gasteiger partial charge in [0, 0.05) is 21.4 Å². The van der Waals surface area contributed by atoms with Crippen LogP contribution in [0.3, 0.4) is 0 Å². The van der Waals surface area contributed by atoms with Gasteiger partial charge in [-0.2, -0.15) is 0 Å². The Morgan fingerprint density at radius 1 is 0.941 bits per heavy atom. The first-order valence-corrected chi connectivity index (χ1v) is 12.1. The molecule has 34 heavy (non-hydrogen) atoms. The molecule has 3 aromatic carbocycles. The van der Waals surface area contributed by atoms with E-state index >= 15 is 0 Å². The van der Waals surface area contributed by atoms with Crippen molar-refractivity contribution in [3.05, 3.63) is 87.1 Å². The Bertz CT molecular complexity index is 1170. The van der Waals surface area contributed by atoms with Gasteiger partial charge in [0.15, 0.2) is 0 Å². The number of amides is 2. The van der Waals surface area contributed by atoms with Crippen LogP contribution in [-0.4, -0.2) is 18.4 Å². The Morgan fingerprint density at radius 2 is 1.71 bits per heavy atom. The minimum absolute atomic E-state index is 0.0868. The van der Waals surface area contributed by atoms with Gasteiger partial charge in [0.2, 0.25) is 0 Å². The number of carbonyl (C=O) groups excluding carboxylic acids is 2. The lowest BCUT2D eigenvalue weighted by atomic mass is 10.1. The molecule has 0 bridgehead atoms. The number of carbonyl (C=O) groups is 2. The number of unbranched alkanes of at least 4 members (excludes halogenated alkanes) is 3. The quantitative estimate of drug-likeness (QED) is 0.256. The van der Waals surface area contributed by atoms with E-state index in [0.29, 0.717) is 34.9 Å². The van der Waals surface area contributed by atoms with Crippen molar-refractivity contribution >= 4 is 50.7 Å². The largest absolute Gasteiger partial charge is 0.493 e. The van der Waals surface area contributed by atoms with Gasteiger partial charge in [-0.15, -0.1) is 0 Å². The lowest BCUT2D eigenvalue weighted by molar-refractivity contribution is 0.101. The normalized spacial score (nSPS) is 10.6. The molecular weight excluding hydrogens is 523 g/mol. The summed E-state index contributed by atoms with van der Waals surface area (Å²) in [5.74, 6) is -0.842. The Labute approximate surface area is 211 Å². The highest BCUT2D eigenvalue weighted by Crippen LogP contribution is 2.25. The first-order chi connectivity index (χ1) is 16.4. The maximum Gasteiger partial charge on any atom is 0.259 e. The number of anilines is 2. The van der Waals surface area contributed by atoms with Crippen LogP contribution in [0.4, 0.5) is 15.8 Å². The highest BCUT2D eigenvalue weighted by molar-refractivity contribution is 9.10. The maximum atomic E-state index is 13.3. The molecule has 0 saturated heterocycles. The second kappa shape index (κ2) is 12.5. The minimum atomic E-state index is -0.568. The smallest absolute Gasteiger partial charge is 0.259 e. The van der Waals surface area contributed by atoms with Crippen LogP contribution in [0.2, 0.25) is 5.02 Å². The van der Waals surface area contributed by atoms with Gasteiger partial charge in [0.1, 0.15) is 11.6 Å². The van der Waals surface area contributed by atoms with Gasteiger partial charge in [0.05, 0.1) is 17.2 Å². The van der Waals surface area contributed by atoms with Crippen LogP contribution in [0, 0.1) is 5.82 Å². The molecule has 0 aliphatic carbocycles. The molecule has 0 spiro atoms. The van der Waals surface area contributed by atoms with E-state index < -0.39 is 11.7 Å². The second-order valence-electron chi connectivity index (χ2n) is 7.67. The third kappa shape index (κ3) is 7.30. The van der Waals surface area contributed by atoms with Gasteiger partial charge in [-0.25, -0.2) is 4.39 Å². The molecule has 8 heteroatoms. The maximum absolute atomic E-state index is 13.3.